The van der Waals surface area contributed by atoms with E-state index in [0.717, 1.165) is 22.2 Å². The summed E-state index contributed by atoms with van der Waals surface area (Å²) >= 11 is 0. The molecule has 0 aliphatic carbocycles. The van der Waals surface area contributed by atoms with Gasteiger partial charge in [-0.1, -0.05) is 5.16 Å². The zero-order valence-electron chi connectivity index (χ0n) is 17.1. The number of hydrogen-bond donors (Lipinski definition) is 2. The normalized spacial score (nSPS) is 11.2. The first-order valence-electron chi connectivity index (χ1n) is 9.81. The summed E-state index contributed by atoms with van der Waals surface area (Å²) in [7, 11) is 0. The van der Waals surface area contributed by atoms with Crippen molar-refractivity contribution in [3.05, 3.63) is 64.0 Å². The van der Waals surface area contributed by atoms with Crippen molar-refractivity contribution in [2.75, 3.05) is 6.54 Å². The highest BCUT2D eigenvalue weighted by Gasteiger charge is 2.14. The van der Waals surface area contributed by atoms with Gasteiger partial charge in [0.2, 0.25) is 5.91 Å². The van der Waals surface area contributed by atoms with Crippen LogP contribution in [0, 0.1) is 19.7 Å². The molecule has 0 spiro atoms. The summed E-state index contributed by atoms with van der Waals surface area (Å²) in [6.45, 7) is 4.14. The largest absolute Gasteiger partial charge is 0.358 e. The van der Waals surface area contributed by atoms with E-state index < -0.39 is 0 Å². The van der Waals surface area contributed by atoms with Crippen molar-refractivity contribution in [2.24, 2.45) is 0 Å². The lowest BCUT2D eigenvalue weighted by molar-refractivity contribution is -0.121. The first-order valence-corrected chi connectivity index (χ1v) is 9.81. The minimum absolute atomic E-state index is 0.0966. The molecule has 0 radical (unpaired) electrons. The van der Waals surface area contributed by atoms with Gasteiger partial charge in [-0.25, -0.2) is 9.37 Å². The molecule has 0 fully saturated rings. The standard InChI is InChI=1S/C21H21FN6O3/c1-12-15(16-9-14(22)3-4-18(16)25-12)5-7-24-19(29)6-8-28-11-23-10-17(21(28)30)20-26-13(2)27-31-20/h3-4,9-11,25H,5-8H2,1-2H3,(H,24,29). The van der Waals surface area contributed by atoms with Crippen LogP contribution in [-0.2, 0) is 17.8 Å². The highest BCUT2D eigenvalue weighted by Crippen LogP contribution is 2.23. The van der Waals surface area contributed by atoms with Gasteiger partial charge in [0.15, 0.2) is 5.82 Å². The maximum Gasteiger partial charge on any atom is 0.266 e. The molecule has 160 valence electrons. The van der Waals surface area contributed by atoms with E-state index in [1.54, 1.807) is 13.0 Å². The van der Waals surface area contributed by atoms with Crippen molar-refractivity contribution in [2.45, 2.75) is 33.2 Å². The highest BCUT2D eigenvalue weighted by molar-refractivity contribution is 5.84. The minimum atomic E-state index is -0.358. The number of carbonyl (C=O) groups excluding carboxylic acids is 1. The third-order valence-corrected chi connectivity index (χ3v) is 5.02. The topological polar surface area (TPSA) is 119 Å². The molecule has 10 heteroatoms. The number of hydrogen-bond acceptors (Lipinski definition) is 6. The Kier molecular flexibility index (Phi) is 5.61. The molecular formula is C21H21FN6O3. The number of fused-ring (bicyclic) bond motifs is 1. The molecule has 31 heavy (non-hydrogen) atoms. The molecule has 1 amide bonds. The smallest absolute Gasteiger partial charge is 0.266 e. The van der Waals surface area contributed by atoms with E-state index in [4.69, 9.17) is 4.52 Å². The van der Waals surface area contributed by atoms with Gasteiger partial charge in [-0.05, 0) is 44.0 Å². The second kappa shape index (κ2) is 8.50. The van der Waals surface area contributed by atoms with Gasteiger partial charge >= 0.3 is 0 Å². The van der Waals surface area contributed by atoms with Crippen molar-refractivity contribution in [3.8, 4) is 11.5 Å². The van der Waals surface area contributed by atoms with Gasteiger partial charge in [0, 0.05) is 42.3 Å². The van der Waals surface area contributed by atoms with Crippen LogP contribution in [0.4, 0.5) is 4.39 Å². The number of aryl methyl sites for hydroxylation is 3. The van der Waals surface area contributed by atoms with Gasteiger partial charge in [0.05, 0.1) is 6.33 Å². The Balaban J connectivity index is 1.35. The van der Waals surface area contributed by atoms with Gasteiger partial charge in [-0.3, -0.25) is 14.2 Å². The van der Waals surface area contributed by atoms with Gasteiger partial charge in [-0.15, -0.1) is 0 Å². The van der Waals surface area contributed by atoms with E-state index in [1.165, 1.54) is 29.2 Å². The summed E-state index contributed by atoms with van der Waals surface area (Å²) in [5, 5.41) is 7.33. The molecule has 2 N–H and O–H groups in total. The maximum atomic E-state index is 13.6. The number of benzene rings is 1. The van der Waals surface area contributed by atoms with E-state index in [2.05, 4.69) is 25.4 Å². The van der Waals surface area contributed by atoms with E-state index in [9.17, 15) is 14.0 Å². The number of rotatable bonds is 7. The molecule has 3 aromatic heterocycles. The SMILES string of the molecule is Cc1noc(-c2cncn(CCC(=O)NCCc3c(C)[nH]c4ccc(F)cc34)c2=O)n1. The predicted molar refractivity (Wildman–Crippen MR) is 111 cm³/mol. The van der Waals surface area contributed by atoms with Crippen LogP contribution < -0.4 is 10.9 Å². The van der Waals surface area contributed by atoms with Gasteiger partial charge in [0.1, 0.15) is 11.4 Å². The Morgan fingerprint density at radius 3 is 2.94 bits per heavy atom. The minimum Gasteiger partial charge on any atom is -0.358 e. The number of amides is 1. The fourth-order valence-corrected chi connectivity index (χ4v) is 3.48. The number of aromatic amines is 1. The van der Waals surface area contributed by atoms with Crippen molar-refractivity contribution < 1.29 is 13.7 Å². The molecule has 1 aromatic carbocycles. The van der Waals surface area contributed by atoms with E-state index in [1.807, 2.05) is 6.92 Å². The third-order valence-electron chi connectivity index (χ3n) is 5.02. The highest BCUT2D eigenvalue weighted by atomic mass is 19.1. The van der Waals surface area contributed by atoms with Crippen molar-refractivity contribution >= 4 is 16.8 Å². The molecule has 0 unspecified atom stereocenters. The molecule has 0 saturated carbocycles. The second-order valence-corrected chi connectivity index (χ2v) is 7.22. The average molecular weight is 424 g/mol. The van der Waals surface area contributed by atoms with Crippen LogP contribution in [0.25, 0.3) is 22.4 Å². The van der Waals surface area contributed by atoms with Gasteiger partial charge in [-0.2, -0.15) is 4.98 Å². The summed E-state index contributed by atoms with van der Waals surface area (Å²) < 4.78 is 19.9. The summed E-state index contributed by atoms with van der Waals surface area (Å²) in [6, 6.07) is 4.61. The zero-order valence-corrected chi connectivity index (χ0v) is 17.1. The monoisotopic (exact) mass is 424 g/mol. The van der Waals surface area contributed by atoms with Crippen LogP contribution in [0.2, 0.25) is 0 Å². The summed E-state index contributed by atoms with van der Waals surface area (Å²) in [5.41, 5.74) is 2.61. The molecule has 0 saturated heterocycles. The fraction of sp³-hybridized carbons (Fsp3) is 0.286. The van der Waals surface area contributed by atoms with E-state index in [-0.39, 0.29) is 41.7 Å². The number of aromatic nitrogens is 5. The number of H-pyrrole nitrogens is 1. The lowest BCUT2D eigenvalue weighted by Gasteiger charge is -2.08. The van der Waals surface area contributed by atoms with Crippen LogP contribution in [0.1, 0.15) is 23.5 Å². The predicted octanol–water partition coefficient (Wildman–Crippen LogP) is 2.28. The molecule has 0 aliphatic rings. The summed E-state index contributed by atoms with van der Waals surface area (Å²) in [5.74, 6) is 0.0139. The first kappa shape index (κ1) is 20.5. The Morgan fingerprint density at radius 1 is 1.32 bits per heavy atom. The number of nitrogens with one attached hydrogen (secondary N) is 2. The van der Waals surface area contributed by atoms with Crippen LogP contribution in [0.3, 0.4) is 0 Å². The van der Waals surface area contributed by atoms with Crippen molar-refractivity contribution in [1.82, 2.24) is 30.0 Å². The Labute approximate surface area is 176 Å². The molecule has 0 atom stereocenters. The van der Waals surface area contributed by atoms with E-state index >= 15 is 0 Å². The van der Waals surface area contributed by atoms with Crippen molar-refractivity contribution in [3.63, 3.8) is 0 Å². The molecule has 0 bridgehead atoms. The third kappa shape index (κ3) is 4.37. The van der Waals surface area contributed by atoms with Crippen molar-refractivity contribution in [1.29, 1.82) is 0 Å². The first-order chi connectivity index (χ1) is 14.9. The lowest BCUT2D eigenvalue weighted by Crippen LogP contribution is -2.29. The van der Waals surface area contributed by atoms with Gasteiger partial charge < -0.3 is 14.8 Å². The summed E-state index contributed by atoms with van der Waals surface area (Å²) in [6.07, 6.45) is 3.40. The molecule has 3 heterocycles. The molecule has 4 rings (SSSR count). The Morgan fingerprint density at radius 2 is 2.16 bits per heavy atom. The molecular weight excluding hydrogens is 403 g/mol. The van der Waals surface area contributed by atoms with Crippen LogP contribution >= 0.6 is 0 Å². The molecule has 4 aromatic rings. The van der Waals surface area contributed by atoms with E-state index in [0.29, 0.717) is 18.8 Å². The van der Waals surface area contributed by atoms with Crippen LogP contribution in [0.15, 0.2) is 40.0 Å². The quantitative estimate of drug-likeness (QED) is 0.470. The summed E-state index contributed by atoms with van der Waals surface area (Å²) in [4.78, 5) is 36.1. The average Bonchev–Trinajstić information content (AvgIpc) is 3.30. The second-order valence-electron chi connectivity index (χ2n) is 7.22. The molecule has 0 aliphatic heterocycles. The maximum absolute atomic E-state index is 13.6. The zero-order chi connectivity index (χ0) is 22.0. The Bertz CT molecular complexity index is 1310. The lowest BCUT2D eigenvalue weighted by atomic mass is 10.1. The number of halogens is 1. The fourth-order valence-electron chi connectivity index (χ4n) is 3.48. The Hall–Kier alpha value is -3.82. The van der Waals surface area contributed by atoms with Crippen LogP contribution in [-0.4, -0.2) is 37.1 Å². The van der Waals surface area contributed by atoms with Gasteiger partial charge in [0.25, 0.3) is 11.4 Å². The number of carbonyl (C=O) groups is 1. The van der Waals surface area contributed by atoms with Crippen LogP contribution in [0.5, 0.6) is 0 Å². The number of nitrogens with zero attached hydrogens (tertiary/aromatic N) is 4. The molecule has 9 nitrogen and oxygen atoms in total.